The van der Waals surface area contributed by atoms with E-state index in [-0.39, 0.29) is 12.0 Å². The molecule has 0 bridgehead atoms. The Balaban J connectivity index is 1.63. The molecule has 1 aromatic heterocycles. The molecule has 1 aliphatic heterocycles. The Labute approximate surface area is 164 Å². The molecule has 0 spiro atoms. The number of anilines is 2. The highest BCUT2D eigenvalue weighted by Gasteiger charge is 2.26. The van der Waals surface area contributed by atoms with Gasteiger partial charge in [-0.3, -0.25) is 4.79 Å². The van der Waals surface area contributed by atoms with Gasteiger partial charge in [-0.2, -0.15) is 0 Å². The van der Waals surface area contributed by atoms with E-state index in [4.69, 9.17) is 4.74 Å². The van der Waals surface area contributed by atoms with Crippen LogP contribution in [0.25, 0.3) is 0 Å². The maximum atomic E-state index is 12.7. The molecule has 1 fully saturated rings. The zero-order valence-corrected chi connectivity index (χ0v) is 16.2. The average Bonchev–Trinajstić information content (AvgIpc) is 2.75. The van der Waals surface area contributed by atoms with Gasteiger partial charge in [-0.15, -0.1) is 0 Å². The van der Waals surface area contributed by atoms with Crippen LogP contribution in [0.1, 0.15) is 24.3 Å². The van der Waals surface area contributed by atoms with Crippen molar-refractivity contribution in [3.8, 4) is 0 Å². The number of hydrogen-bond donors (Lipinski definition) is 0. The van der Waals surface area contributed by atoms with E-state index in [0.717, 1.165) is 12.2 Å². The fraction of sp³-hybridized carbons (Fsp3) is 0.400. The number of hydrogen-bond acceptors (Lipinski definition) is 6. The number of benzene rings is 1. The normalized spacial score (nSPS) is 13.9. The number of ether oxygens (including phenoxy) is 1. The molecular formula is C20H25N5O3. The topological polar surface area (TPSA) is 78.9 Å². The van der Waals surface area contributed by atoms with Gasteiger partial charge in [-0.05, 0) is 26.0 Å². The minimum Gasteiger partial charge on any atom is -0.450 e. The highest BCUT2D eigenvalue weighted by Crippen LogP contribution is 2.22. The molecule has 0 N–H and O–H groups in total. The molecular weight excluding hydrogens is 358 g/mol. The minimum absolute atomic E-state index is 0.176. The van der Waals surface area contributed by atoms with E-state index in [1.165, 1.54) is 6.20 Å². The van der Waals surface area contributed by atoms with Crippen LogP contribution in [0.5, 0.6) is 0 Å². The van der Waals surface area contributed by atoms with Crippen LogP contribution in [0, 0.1) is 0 Å². The molecule has 0 radical (unpaired) electrons. The van der Waals surface area contributed by atoms with Crippen molar-refractivity contribution in [3.05, 3.63) is 48.4 Å². The number of carbonyl (C=O) groups is 2. The first kappa shape index (κ1) is 19.6. The van der Waals surface area contributed by atoms with Crippen LogP contribution < -0.4 is 4.90 Å². The smallest absolute Gasteiger partial charge is 0.409 e. The van der Waals surface area contributed by atoms with Gasteiger partial charge in [0.25, 0.3) is 5.91 Å². The summed E-state index contributed by atoms with van der Waals surface area (Å²) in [6, 6.07) is 9.92. The third-order valence-corrected chi connectivity index (χ3v) is 4.61. The highest BCUT2D eigenvalue weighted by molar-refractivity contribution is 5.92. The number of amides is 2. The van der Waals surface area contributed by atoms with E-state index in [1.54, 1.807) is 22.9 Å². The summed E-state index contributed by atoms with van der Waals surface area (Å²) in [5.74, 6) is 0.516. The van der Waals surface area contributed by atoms with Crippen molar-refractivity contribution in [2.45, 2.75) is 13.8 Å². The lowest BCUT2D eigenvalue weighted by molar-refractivity contribution is 0.0565. The van der Waals surface area contributed by atoms with Gasteiger partial charge in [0.1, 0.15) is 5.69 Å². The van der Waals surface area contributed by atoms with Crippen molar-refractivity contribution in [1.29, 1.82) is 0 Å². The monoisotopic (exact) mass is 383 g/mol. The molecule has 8 nitrogen and oxygen atoms in total. The third kappa shape index (κ3) is 4.39. The van der Waals surface area contributed by atoms with Gasteiger partial charge in [-0.1, -0.05) is 18.2 Å². The first-order chi connectivity index (χ1) is 13.6. The molecule has 8 heteroatoms. The quantitative estimate of drug-likeness (QED) is 0.790. The largest absolute Gasteiger partial charge is 0.450 e. The second-order valence-electron chi connectivity index (χ2n) is 6.32. The summed E-state index contributed by atoms with van der Waals surface area (Å²) in [5.41, 5.74) is 1.32. The summed E-state index contributed by atoms with van der Waals surface area (Å²) in [4.78, 5) is 38.6. The fourth-order valence-corrected chi connectivity index (χ4v) is 3.12. The SMILES string of the molecule is CCOC(=O)N1CCN(C(=O)c2cnc(N(CC)c3ccccc3)cn2)CC1. The van der Waals surface area contributed by atoms with Gasteiger partial charge in [0.2, 0.25) is 0 Å². The molecule has 0 unspecified atom stereocenters. The Bertz CT molecular complexity index is 789. The Kier molecular flexibility index (Phi) is 6.41. The minimum atomic E-state index is -0.334. The van der Waals surface area contributed by atoms with Gasteiger partial charge in [0.15, 0.2) is 5.82 Å². The van der Waals surface area contributed by atoms with Crippen LogP contribution in [-0.4, -0.2) is 71.1 Å². The summed E-state index contributed by atoms with van der Waals surface area (Å²) in [6.07, 6.45) is 2.80. The van der Waals surface area contributed by atoms with E-state index < -0.39 is 0 Å². The Morgan fingerprint density at radius 3 is 2.25 bits per heavy atom. The lowest BCUT2D eigenvalue weighted by atomic mass is 10.2. The van der Waals surface area contributed by atoms with Gasteiger partial charge in [-0.25, -0.2) is 14.8 Å². The van der Waals surface area contributed by atoms with Crippen LogP contribution in [0.2, 0.25) is 0 Å². The predicted molar refractivity (Wildman–Crippen MR) is 106 cm³/mol. The number of nitrogens with zero attached hydrogens (tertiary/aromatic N) is 5. The zero-order chi connectivity index (χ0) is 19.9. The molecule has 0 atom stereocenters. The summed E-state index contributed by atoms with van der Waals surface area (Å²) in [6.45, 7) is 6.70. The lowest BCUT2D eigenvalue weighted by Gasteiger charge is -2.33. The van der Waals surface area contributed by atoms with Crippen LogP contribution in [0.4, 0.5) is 16.3 Å². The molecule has 1 aromatic carbocycles. The third-order valence-electron chi connectivity index (χ3n) is 4.61. The molecule has 1 saturated heterocycles. The summed E-state index contributed by atoms with van der Waals surface area (Å²) in [5, 5.41) is 0. The van der Waals surface area contributed by atoms with Crippen molar-refractivity contribution >= 4 is 23.5 Å². The molecule has 2 aromatic rings. The number of piperazine rings is 1. The van der Waals surface area contributed by atoms with Crippen molar-refractivity contribution in [2.24, 2.45) is 0 Å². The van der Waals surface area contributed by atoms with Crippen molar-refractivity contribution in [1.82, 2.24) is 19.8 Å². The summed E-state index contributed by atoms with van der Waals surface area (Å²) < 4.78 is 5.00. The number of carbonyl (C=O) groups excluding carboxylic acids is 2. The summed E-state index contributed by atoms with van der Waals surface area (Å²) >= 11 is 0. The second kappa shape index (κ2) is 9.16. The first-order valence-corrected chi connectivity index (χ1v) is 9.49. The van der Waals surface area contributed by atoms with Crippen LogP contribution >= 0.6 is 0 Å². The number of aromatic nitrogens is 2. The Morgan fingerprint density at radius 2 is 1.68 bits per heavy atom. The maximum Gasteiger partial charge on any atom is 0.409 e. The molecule has 28 heavy (non-hydrogen) atoms. The predicted octanol–water partition coefficient (Wildman–Crippen LogP) is 2.55. The van der Waals surface area contributed by atoms with E-state index >= 15 is 0 Å². The van der Waals surface area contributed by atoms with Crippen molar-refractivity contribution < 1.29 is 14.3 Å². The van der Waals surface area contributed by atoms with Gasteiger partial charge >= 0.3 is 6.09 Å². The van der Waals surface area contributed by atoms with E-state index in [0.29, 0.717) is 44.3 Å². The van der Waals surface area contributed by atoms with Gasteiger partial charge < -0.3 is 19.4 Å². The molecule has 0 aliphatic carbocycles. The number of rotatable bonds is 5. The summed E-state index contributed by atoms with van der Waals surface area (Å²) in [7, 11) is 0. The molecule has 2 amide bonds. The lowest BCUT2D eigenvalue weighted by Crippen LogP contribution is -2.50. The molecule has 2 heterocycles. The number of para-hydroxylation sites is 1. The van der Waals surface area contributed by atoms with Crippen molar-refractivity contribution in [3.63, 3.8) is 0 Å². The molecule has 148 valence electrons. The highest BCUT2D eigenvalue weighted by atomic mass is 16.6. The van der Waals surface area contributed by atoms with E-state index in [1.807, 2.05) is 42.2 Å². The van der Waals surface area contributed by atoms with Crippen LogP contribution in [0.15, 0.2) is 42.7 Å². The Morgan fingerprint density at radius 1 is 1.00 bits per heavy atom. The molecule has 1 aliphatic rings. The fourth-order valence-electron chi connectivity index (χ4n) is 3.12. The average molecular weight is 383 g/mol. The van der Waals surface area contributed by atoms with E-state index in [9.17, 15) is 9.59 Å². The van der Waals surface area contributed by atoms with Gasteiger partial charge in [0, 0.05) is 38.4 Å². The zero-order valence-electron chi connectivity index (χ0n) is 16.2. The van der Waals surface area contributed by atoms with E-state index in [2.05, 4.69) is 9.97 Å². The second-order valence-corrected chi connectivity index (χ2v) is 6.32. The molecule has 3 rings (SSSR count). The maximum absolute atomic E-state index is 12.7. The standard InChI is InChI=1S/C20H25N5O3/c1-3-25(16-8-6-5-7-9-16)18-15-21-17(14-22-18)19(26)23-10-12-24(13-11-23)20(27)28-4-2/h5-9,14-15H,3-4,10-13H2,1-2H3. The molecule has 0 saturated carbocycles. The van der Waals surface area contributed by atoms with Crippen LogP contribution in [0.3, 0.4) is 0 Å². The van der Waals surface area contributed by atoms with Crippen molar-refractivity contribution in [2.75, 3.05) is 44.2 Å². The first-order valence-electron chi connectivity index (χ1n) is 9.49. The Hall–Kier alpha value is -3.16. The van der Waals surface area contributed by atoms with Crippen LogP contribution in [-0.2, 0) is 4.74 Å². The van der Waals surface area contributed by atoms with Gasteiger partial charge in [0.05, 0.1) is 19.0 Å².